The second-order valence-electron chi connectivity index (χ2n) is 4.98. The molecule has 0 aliphatic rings. The molecule has 1 amide bonds. The van der Waals surface area contributed by atoms with Crippen molar-refractivity contribution in [2.45, 2.75) is 18.9 Å². The van der Waals surface area contributed by atoms with Crippen LogP contribution in [0, 0.1) is 0 Å². The van der Waals surface area contributed by atoms with E-state index in [-0.39, 0.29) is 17.9 Å². The molecule has 0 radical (unpaired) electrons. The van der Waals surface area contributed by atoms with Gasteiger partial charge in [0.2, 0.25) is 5.91 Å². The summed E-state index contributed by atoms with van der Waals surface area (Å²) in [6, 6.07) is 17.5. The number of carbonyl (C=O) groups is 1. The summed E-state index contributed by atoms with van der Waals surface area (Å²) in [6.45, 7) is 2.26. The van der Waals surface area contributed by atoms with Crippen molar-refractivity contribution in [2.24, 2.45) is 5.73 Å². The summed E-state index contributed by atoms with van der Waals surface area (Å²) >= 11 is 3.44. The van der Waals surface area contributed by atoms with Crippen molar-refractivity contribution in [1.82, 2.24) is 5.32 Å². The predicted octanol–water partition coefficient (Wildman–Crippen LogP) is 3.37. The summed E-state index contributed by atoms with van der Waals surface area (Å²) in [6.07, 6.45) is 0. The standard InChI is InChI=1S/C17H19BrN2O/c1-12(14-8-5-9-15(18)10-14)20-17(21)16(11-19)13-6-3-2-4-7-13/h2-10,12,16H,11,19H2,1H3,(H,20,21)/t12-,16?/m1/s1. The largest absolute Gasteiger partial charge is 0.349 e. The van der Waals surface area contributed by atoms with E-state index in [0.29, 0.717) is 6.54 Å². The number of benzene rings is 2. The fraction of sp³-hybridized carbons (Fsp3) is 0.235. The molecule has 0 aliphatic heterocycles. The van der Waals surface area contributed by atoms with E-state index < -0.39 is 0 Å². The maximum atomic E-state index is 12.4. The van der Waals surface area contributed by atoms with Gasteiger partial charge in [-0.1, -0.05) is 58.4 Å². The van der Waals surface area contributed by atoms with Crippen LogP contribution >= 0.6 is 15.9 Å². The topological polar surface area (TPSA) is 55.1 Å². The summed E-state index contributed by atoms with van der Waals surface area (Å²) < 4.78 is 1.000. The number of hydrogen-bond donors (Lipinski definition) is 2. The molecule has 0 saturated heterocycles. The Morgan fingerprint density at radius 2 is 1.81 bits per heavy atom. The number of hydrogen-bond acceptors (Lipinski definition) is 2. The van der Waals surface area contributed by atoms with Crippen molar-refractivity contribution in [3.8, 4) is 0 Å². The number of nitrogens with two attached hydrogens (primary N) is 1. The van der Waals surface area contributed by atoms with Gasteiger partial charge in [0, 0.05) is 11.0 Å². The van der Waals surface area contributed by atoms with Gasteiger partial charge in [-0.25, -0.2) is 0 Å². The quantitative estimate of drug-likeness (QED) is 0.871. The highest BCUT2D eigenvalue weighted by Gasteiger charge is 2.20. The van der Waals surface area contributed by atoms with Gasteiger partial charge >= 0.3 is 0 Å². The van der Waals surface area contributed by atoms with Crippen LogP contribution in [0.15, 0.2) is 59.1 Å². The van der Waals surface area contributed by atoms with Gasteiger partial charge in [0.15, 0.2) is 0 Å². The molecular formula is C17H19BrN2O. The normalized spacial score (nSPS) is 13.5. The Kier molecular flexibility index (Phi) is 5.53. The zero-order chi connectivity index (χ0) is 15.2. The van der Waals surface area contributed by atoms with E-state index >= 15 is 0 Å². The molecule has 0 spiro atoms. The molecule has 2 aromatic carbocycles. The molecule has 2 rings (SSSR count). The Morgan fingerprint density at radius 3 is 2.43 bits per heavy atom. The van der Waals surface area contributed by atoms with Crippen LogP contribution in [0.4, 0.5) is 0 Å². The Morgan fingerprint density at radius 1 is 1.14 bits per heavy atom. The van der Waals surface area contributed by atoms with Gasteiger partial charge in [-0.3, -0.25) is 4.79 Å². The number of nitrogens with one attached hydrogen (secondary N) is 1. The highest BCUT2D eigenvalue weighted by Crippen LogP contribution is 2.20. The third kappa shape index (κ3) is 4.16. The fourth-order valence-corrected chi connectivity index (χ4v) is 2.67. The van der Waals surface area contributed by atoms with Crippen LogP contribution in [0.2, 0.25) is 0 Å². The van der Waals surface area contributed by atoms with Gasteiger partial charge in [-0.05, 0) is 30.2 Å². The number of halogens is 1. The molecule has 21 heavy (non-hydrogen) atoms. The molecule has 0 aliphatic carbocycles. The summed E-state index contributed by atoms with van der Waals surface area (Å²) in [4.78, 5) is 12.4. The van der Waals surface area contributed by atoms with E-state index in [4.69, 9.17) is 5.73 Å². The minimum absolute atomic E-state index is 0.0452. The first-order chi connectivity index (χ1) is 10.1. The zero-order valence-corrected chi connectivity index (χ0v) is 13.5. The van der Waals surface area contributed by atoms with Crippen molar-refractivity contribution < 1.29 is 4.79 Å². The lowest BCUT2D eigenvalue weighted by Gasteiger charge is -2.20. The summed E-state index contributed by atoms with van der Waals surface area (Å²) in [5, 5.41) is 3.03. The van der Waals surface area contributed by atoms with Crippen molar-refractivity contribution in [2.75, 3.05) is 6.54 Å². The van der Waals surface area contributed by atoms with Crippen molar-refractivity contribution in [3.63, 3.8) is 0 Å². The van der Waals surface area contributed by atoms with E-state index in [0.717, 1.165) is 15.6 Å². The fourth-order valence-electron chi connectivity index (χ4n) is 2.25. The van der Waals surface area contributed by atoms with Gasteiger partial charge in [0.05, 0.1) is 12.0 Å². The van der Waals surface area contributed by atoms with E-state index in [1.54, 1.807) is 0 Å². The van der Waals surface area contributed by atoms with Gasteiger partial charge in [-0.2, -0.15) is 0 Å². The van der Waals surface area contributed by atoms with Gasteiger partial charge in [-0.15, -0.1) is 0 Å². The minimum atomic E-state index is -0.319. The van der Waals surface area contributed by atoms with Gasteiger partial charge in [0.25, 0.3) is 0 Å². The van der Waals surface area contributed by atoms with E-state index in [9.17, 15) is 4.79 Å². The average molecular weight is 347 g/mol. The Balaban J connectivity index is 2.09. The van der Waals surface area contributed by atoms with E-state index in [1.165, 1.54) is 0 Å². The molecule has 0 heterocycles. The third-order valence-electron chi connectivity index (χ3n) is 3.46. The Labute approximate surface area is 133 Å². The average Bonchev–Trinajstić information content (AvgIpc) is 2.49. The first kappa shape index (κ1) is 15.7. The molecule has 2 aromatic rings. The molecule has 2 atom stereocenters. The second-order valence-corrected chi connectivity index (χ2v) is 5.90. The van der Waals surface area contributed by atoms with Crippen LogP contribution in [0.1, 0.15) is 30.0 Å². The molecule has 3 N–H and O–H groups in total. The molecule has 110 valence electrons. The SMILES string of the molecule is C[C@@H](NC(=O)C(CN)c1ccccc1)c1cccc(Br)c1. The van der Waals surface area contributed by atoms with Crippen LogP contribution in [0.25, 0.3) is 0 Å². The molecule has 3 nitrogen and oxygen atoms in total. The lowest BCUT2D eigenvalue weighted by Crippen LogP contribution is -2.35. The highest BCUT2D eigenvalue weighted by atomic mass is 79.9. The van der Waals surface area contributed by atoms with E-state index in [2.05, 4.69) is 21.2 Å². The van der Waals surface area contributed by atoms with Crippen LogP contribution in [0.5, 0.6) is 0 Å². The second kappa shape index (κ2) is 7.38. The molecule has 0 bridgehead atoms. The number of rotatable bonds is 5. The van der Waals surface area contributed by atoms with Crippen LogP contribution < -0.4 is 11.1 Å². The molecule has 4 heteroatoms. The maximum Gasteiger partial charge on any atom is 0.229 e. The summed E-state index contributed by atoms with van der Waals surface area (Å²) in [7, 11) is 0. The molecule has 0 fully saturated rings. The van der Waals surface area contributed by atoms with Crippen LogP contribution in [0.3, 0.4) is 0 Å². The van der Waals surface area contributed by atoms with Crippen LogP contribution in [-0.2, 0) is 4.79 Å². The number of amides is 1. The lowest BCUT2D eigenvalue weighted by atomic mass is 9.97. The van der Waals surface area contributed by atoms with Crippen molar-refractivity contribution >= 4 is 21.8 Å². The monoisotopic (exact) mass is 346 g/mol. The molecule has 0 saturated carbocycles. The van der Waals surface area contributed by atoms with Crippen molar-refractivity contribution in [1.29, 1.82) is 0 Å². The number of carbonyl (C=O) groups excluding carboxylic acids is 1. The maximum absolute atomic E-state index is 12.4. The van der Waals surface area contributed by atoms with Gasteiger partial charge < -0.3 is 11.1 Å². The lowest BCUT2D eigenvalue weighted by molar-refractivity contribution is -0.123. The summed E-state index contributed by atoms with van der Waals surface area (Å²) in [5.74, 6) is -0.364. The molecular weight excluding hydrogens is 328 g/mol. The molecule has 1 unspecified atom stereocenters. The minimum Gasteiger partial charge on any atom is -0.349 e. The predicted molar refractivity (Wildman–Crippen MR) is 88.9 cm³/mol. The van der Waals surface area contributed by atoms with Gasteiger partial charge in [0.1, 0.15) is 0 Å². The molecule has 0 aromatic heterocycles. The first-order valence-electron chi connectivity index (χ1n) is 6.92. The Bertz CT molecular complexity index is 601. The smallest absolute Gasteiger partial charge is 0.229 e. The third-order valence-corrected chi connectivity index (χ3v) is 3.95. The highest BCUT2D eigenvalue weighted by molar-refractivity contribution is 9.10. The zero-order valence-electron chi connectivity index (χ0n) is 11.9. The van der Waals surface area contributed by atoms with E-state index in [1.807, 2.05) is 61.5 Å². The first-order valence-corrected chi connectivity index (χ1v) is 7.72. The Hall–Kier alpha value is -1.65. The summed E-state index contributed by atoms with van der Waals surface area (Å²) in [5.41, 5.74) is 7.78. The van der Waals surface area contributed by atoms with Crippen LogP contribution in [-0.4, -0.2) is 12.5 Å². The van der Waals surface area contributed by atoms with Crippen molar-refractivity contribution in [3.05, 3.63) is 70.2 Å².